The zero-order valence-electron chi connectivity index (χ0n) is 35.7. The molecule has 0 atom stereocenters. The third kappa shape index (κ3) is 18.8. The monoisotopic (exact) mass is 1120 g/mol. The van der Waals surface area contributed by atoms with Crippen LogP contribution >= 0.6 is 0 Å². The molecule has 0 saturated carbocycles. The van der Waals surface area contributed by atoms with Gasteiger partial charge in [-0.05, 0) is 28.7 Å². The minimum Gasteiger partial charge on any atom is -0.868 e. The molecule has 0 saturated heterocycles. The maximum absolute atomic E-state index is 12.1. The third-order valence-corrected chi connectivity index (χ3v) is 5.85. The molecule has 5 rings (SSSR count). The quantitative estimate of drug-likeness (QED) is 0.0514. The van der Waals surface area contributed by atoms with Gasteiger partial charge in [0.1, 0.15) is 0 Å². The van der Waals surface area contributed by atoms with Gasteiger partial charge in [0.15, 0.2) is 145 Å². The molecule has 0 aromatic heterocycles. The molecule has 0 heterocycles. The molecule has 71 heavy (non-hydrogen) atoms. The van der Waals surface area contributed by atoms with E-state index in [2.05, 4.69) is 56.4 Å². The van der Waals surface area contributed by atoms with Crippen LogP contribution in [0.2, 0.25) is 0 Å². The van der Waals surface area contributed by atoms with Crippen LogP contribution in [0.25, 0.3) is 0 Å². The van der Waals surface area contributed by atoms with Crippen molar-refractivity contribution in [1.29, 1.82) is 0 Å². The van der Waals surface area contributed by atoms with Gasteiger partial charge >= 0.3 is 17.1 Å². The van der Waals surface area contributed by atoms with E-state index in [0.717, 1.165) is 8.97 Å². The van der Waals surface area contributed by atoms with E-state index in [1.165, 1.54) is 0 Å². The molecule has 0 N–H and O–H groups in total. The Balaban J connectivity index is -0.000000774. The van der Waals surface area contributed by atoms with Gasteiger partial charge < -0.3 is 34.5 Å². The van der Waals surface area contributed by atoms with Crippen LogP contribution in [0.1, 0.15) is 0 Å². The maximum atomic E-state index is 12.1. The average molecular weight is 1120 g/mol. The first-order valence-corrected chi connectivity index (χ1v) is 16.8. The van der Waals surface area contributed by atoms with Gasteiger partial charge in [-0.2, -0.15) is 0 Å². The van der Waals surface area contributed by atoms with Crippen LogP contribution in [0.3, 0.4) is 0 Å². The predicted molar refractivity (Wildman–Crippen MR) is 176 cm³/mol. The Bertz CT molecular complexity index is 1740. The average Bonchev–Trinajstić information content (AvgIpc) is 3.29. The first kappa shape index (κ1) is 69.1. The second-order valence-electron chi connectivity index (χ2n) is 14.9. The summed E-state index contributed by atoms with van der Waals surface area (Å²) >= 11 is 0. The first-order chi connectivity index (χ1) is 31.3. The molecule has 0 aliphatic rings. The summed E-state index contributed by atoms with van der Waals surface area (Å²) in [7, 11) is 17.0. The summed E-state index contributed by atoms with van der Waals surface area (Å²) in [6.07, 6.45) is 0. The molecule has 5 aromatic rings. The molecule has 0 unspecified atom stereocenters. The SMILES string of the molecule is C[N+](C)(C)C.C[N+](C)(C)C.[Fe+3].[O-]c1c(F)c(F)c(F)c(F)c1F.[O-]c1c(F)c(F)c(F)c(F)c1F.[O-]c1c(F)c(F)c(F)c(F)c1F.[O-]c1c(F)c(F)c(F)c(F)c1F.[O-]c1c(F)c(F)c(F)c(F)c1F. The third-order valence-electron chi connectivity index (χ3n) is 5.85. The van der Waals surface area contributed by atoms with Gasteiger partial charge in [0.25, 0.3) is 0 Å². The van der Waals surface area contributed by atoms with Crippen molar-refractivity contribution in [2.75, 3.05) is 56.4 Å². The summed E-state index contributed by atoms with van der Waals surface area (Å²) in [6, 6.07) is 0. The largest absolute Gasteiger partial charge is 3.00 e. The van der Waals surface area contributed by atoms with Gasteiger partial charge in [-0.1, -0.05) is 0 Å². The van der Waals surface area contributed by atoms with E-state index in [-0.39, 0.29) is 17.1 Å². The molecular weight excluding hydrogens is 1100 g/mol. The minimum atomic E-state index is -2.33. The normalized spacial score (nSPS) is 10.5. The number of benzene rings is 5. The van der Waals surface area contributed by atoms with E-state index in [4.69, 9.17) is 0 Å². The van der Waals surface area contributed by atoms with Crippen LogP contribution in [-0.4, -0.2) is 65.3 Å². The molecular formula is C38H24F25FeN2O5. The molecule has 0 bridgehead atoms. The van der Waals surface area contributed by atoms with Crippen LogP contribution in [0.15, 0.2) is 0 Å². The second kappa shape index (κ2) is 27.4. The van der Waals surface area contributed by atoms with Crippen LogP contribution in [-0.2, 0) is 17.1 Å². The standard InChI is InChI=1S/5C6HF5O.2C4H12N.Fe/c5*7-1-2(8)4(10)6(12)5(11)3(1)9;2*1-5(2,3)4;/h5*12H;2*1-4H3;/q;;;;;2*+1;+3/p-5. The molecule has 33 heteroatoms. The van der Waals surface area contributed by atoms with Gasteiger partial charge in [0, 0.05) is 0 Å². The molecule has 0 aliphatic carbocycles. The minimum absolute atomic E-state index is 0. The van der Waals surface area contributed by atoms with Gasteiger partial charge in [-0.3, -0.25) is 0 Å². The molecule has 5 aromatic carbocycles. The van der Waals surface area contributed by atoms with Crippen LogP contribution < -0.4 is 25.5 Å². The van der Waals surface area contributed by atoms with Crippen molar-refractivity contribution in [3.63, 3.8) is 0 Å². The summed E-state index contributed by atoms with van der Waals surface area (Å²) in [5.74, 6) is -67.9. The fourth-order valence-corrected chi connectivity index (χ4v) is 2.92. The van der Waals surface area contributed by atoms with E-state index in [1.807, 2.05) is 0 Å². The molecule has 0 spiro atoms. The Morgan fingerprint density at radius 1 is 0.169 bits per heavy atom. The van der Waals surface area contributed by atoms with Gasteiger partial charge in [0.05, 0.1) is 56.4 Å². The van der Waals surface area contributed by atoms with E-state index in [0.29, 0.717) is 0 Å². The Morgan fingerprint density at radius 2 is 0.211 bits per heavy atom. The zero-order valence-corrected chi connectivity index (χ0v) is 36.8. The van der Waals surface area contributed by atoms with Crippen molar-refractivity contribution >= 4 is 0 Å². The van der Waals surface area contributed by atoms with Crippen LogP contribution in [0.5, 0.6) is 28.7 Å². The van der Waals surface area contributed by atoms with E-state index in [9.17, 15) is 135 Å². The summed E-state index contributed by atoms with van der Waals surface area (Å²) in [6.45, 7) is 0. The van der Waals surface area contributed by atoms with Gasteiger partial charge in [-0.15, -0.1) is 0 Å². The number of quaternary nitrogens is 2. The van der Waals surface area contributed by atoms with Gasteiger partial charge in [0.2, 0.25) is 0 Å². The van der Waals surface area contributed by atoms with Crippen molar-refractivity contribution in [1.82, 2.24) is 0 Å². The van der Waals surface area contributed by atoms with E-state index in [1.54, 1.807) is 0 Å². The molecule has 1 radical (unpaired) electrons. The zero-order chi connectivity index (χ0) is 56.3. The topological polar surface area (TPSA) is 115 Å². The predicted octanol–water partition coefficient (Wildman–Crippen LogP) is 7.92. The summed E-state index contributed by atoms with van der Waals surface area (Å²) in [5.41, 5.74) is 0. The van der Waals surface area contributed by atoms with E-state index >= 15 is 0 Å². The fraction of sp³-hybridized carbons (Fsp3) is 0.211. The summed E-state index contributed by atoms with van der Waals surface area (Å²) in [4.78, 5) is 0. The van der Waals surface area contributed by atoms with Crippen molar-refractivity contribution in [3.8, 4) is 28.7 Å². The Morgan fingerprint density at radius 3 is 0.268 bits per heavy atom. The fourth-order valence-electron chi connectivity index (χ4n) is 2.92. The number of hydrogen-bond acceptors (Lipinski definition) is 5. The van der Waals surface area contributed by atoms with Crippen LogP contribution in [0.4, 0.5) is 110 Å². The number of hydrogen-bond donors (Lipinski definition) is 0. The van der Waals surface area contributed by atoms with Crippen molar-refractivity contribution in [2.24, 2.45) is 0 Å². The number of nitrogens with zero attached hydrogens (tertiary/aromatic N) is 2. The summed E-state index contributed by atoms with van der Waals surface area (Å²) in [5, 5.41) is 50.8. The second-order valence-corrected chi connectivity index (χ2v) is 14.9. The smallest absolute Gasteiger partial charge is 0.868 e. The Hall–Kier alpha value is -6.21. The van der Waals surface area contributed by atoms with E-state index < -0.39 is 174 Å². The molecule has 399 valence electrons. The summed E-state index contributed by atoms with van der Waals surface area (Å²) < 4.78 is 304. The Labute approximate surface area is 391 Å². The van der Waals surface area contributed by atoms with Crippen molar-refractivity contribution < 1.29 is 161 Å². The number of halogens is 25. The first-order valence-electron chi connectivity index (χ1n) is 16.8. The molecule has 7 nitrogen and oxygen atoms in total. The molecule has 0 fully saturated rings. The molecule has 0 amide bonds. The van der Waals surface area contributed by atoms with Crippen LogP contribution in [0, 0.1) is 145 Å². The maximum Gasteiger partial charge on any atom is 3.00 e. The van der Waals surface area contributed by atoms with Crippen molar-refractivity contribution in [2.45, 2.75) is 0 Å². The van der Waals surface area contributed by atoms with Gasteiger partial charge in [-0.25, -0.2) is 110 Å². The molecule has 0 aliphatic heterocycles. The van der Waals surface area contributed by atoms with Crippen molar-refractivity contribution in [3.05, 3.63) is 145 Å². The Kier molecular flexibility index (Phi) is 26.7. The number of rotatable bonds is 0.